The van der Waals surface area contributed by atoms with E-state index in [2.05, 4.69) is 15.4 Å². The number of hydrazone groups is 1. The zero-order valence-corrected chi connectivity index (χ0v) is 15.2. The molecule has 1 aromatic rings. The van der Waals surface area contributed by atoms with Crippen LogP contribution in [-0.4, -0.2) is 58.1 Å². The predicted octanol–water partition coefficient (Wildman–Crippen LogP) is 1.21. The lowest BCUT2D eigenvalue weighted by Gasteiger charge is -2.12. The molecule has 2 unspecified atom stereocenters. The molecule has 1 aliphatic heterocycles. The molecule has 134 valence electrons. The SMILES string of the molecule is [2H]N1CC(NN=CCCCN(C)C)CC1([2H])S(=O)(=O)Cc1ccccc1. The summed E-state index contributed by atoms with van der Waals surface area (Å²) in [6.07, 6.45) is 3.59. The zero-order chi connectivity index (χ0) is 19.2. The minimum absolute atomic E-state index is 0.0146. The van der Waals surface area contributed by atoms with Crippen molar-refractivity contribution < 1.29 is 11.2 Å². The summed E-state index contributed by atoms with van der Waals surface area (Å²) >= 11 is 0. The third-order valence-electron chi connectivity index (χ3n) is 3.75. The van der Waals surface area contributed by atoms with Crippen molar-refractivity contribution in [3.63, 3.8) is 0 Å². The molecular weight excluding hydrogens is 324 g/mol. The van der Waals surface area contributed by atoms with Crippen molar-refractivity contribution in [1.82, 2.24) is 15.6 Å². The van der Waals surface area contributed by atoms with Gasteiger partial charge in [-0.05, 0) is 39.0 Å². The number of benzene rings is 1. The molecule has 1 aliphatic rings. The first-order chi connectivity index (χ1) is 12.2. The number of sulfone groups is 1. The van der Waals surface area contributed by atoms with Gasteiger partial charge >= 0.3 is 0 Å². The highest BCUT2D eigenvalue weighted by atomic mass is 32.2. The van der Waals surface area contributed by atoms with Gasteiger partial charge in [-0.25, -0.2) is 8.42 Å². The number of unbranched alkanes of at least 4 members (excludes halogenated alkanes) is 1. The Kier molecular flexibility index (Phi) is 6.12. The van der Waals surface area contributed by atoms with E-state index in [1.807, 2.05) is 20.2 Å². The van der Waals surface area contributed by atoms with Crippen LogP contribution in [0, 0.1) is 0 Å². The summed E-state index contributed by atoms with van der Waals surface area (Å²) < 4.78 is 41.9. The number of rotatable bonds is 9. The quantitative estimate of drug-likeness (QED) is 0.396. The van der Waals surface area contributed by atoms with Gasteiger partial charge in [0, 0.05) is 19.2 Å². The first kappa shape index (κ1) is 16.1. The Labute approximate surface area is 148 Å². The Balaban J connectivity index is 1.92. The summed E-state index contributed by atoms with van der Waals surface area (Å²) in [5, 5.41) is 3.03. The molecule has 0 spiro atoms. The van der Waals surface area contributed by atoms with E-state index in [0.717, 1.165) is 24.7 Å². The van der Waals surface area contributed by atoms with Crippen LogP contribution < -0.4 is 10.7 Å². The van der Waals surface area contributed by atoms with Crippen molar-refractivity contribution in [3.05, 3.63) is 35.9 Å². The zero-order valence-electron chi connectivity index (χ0n) is 16.4. The van der Waals surface area contributed by atoms with Gasteiger partial charge in [-0.3, -0.25) is 5.31 Å². The van der Waals surface area contributed by atoms with Crippen LogP contribution in [0.3, 0.4) is 0 Å². The van der Waals surface area contributed by atoms with Crippen LogP contribution >= 0.6 is 0 Å². The molecule has 1 aromatic carbocycles. The highest BCUT2D eigenvalue weighted by molar-refractivity contribution is 7.91. The molecule has 2 rings (SSSR count). The second-order valence-electron chi connectivity index (χ2n) is 6.27. The topological polar surface area (TPSA) is 73.8 Å². The summed E-state index contributed by atoms with van der Waals surface area (Å²) in [6, 6.07) is 8.46. The van der Waals surface area contributed by atoms with Crippen molar-refractivity contribution in [2.45, 2.75) is 36.4 Å². The molecule has 2 atom stereocenters. The Hall–Kier alpha value is -1.44. The fourth-order valence-electron chi connectivity index (χ4n) is 2.46. The average molecular weight is 355 g/mol. The summed E-state index contributed by atoms with van der Waals surface area (Å²) in [5.74, 6) is -0.243. The third kappa shape index (κ3) is 6.22. The second kappa shape index (κ2) is 9.15. The number of nitrogens with one attached hydrogen (secondary N) is 2. The van der Waals surface area contributed by atoms with Gasteiger partial charge in [0.25, 0.3) is 0 Å². The Morgan fingerprint density at radius 1 is 1.46 bits per heavy atom. The maximum Gasteiger partial charge on any atom is 0.170 e. The van der Waals surface area contributed by atoms with Crippen LogP contribution in [-0.2, 0) is 15.6 Å². The van der Waals surface area contributed by atoms with Crippen LogP contribution in [0.1, 0.15) is 26.2 Å². The number of hydrogen-bond donors (Lipinski definition) is 2. The Bertz CT molecular complexity index is 700. The van der Waals surface area contributed by atoms with Gasteiger partial charge in [0.05, 0.1) is 13.2 Å². The lowest BCUT2D eigenvalue weighted by atomic mass is 10.2. The van der Waals surface area contributed by atoms with E-state index in [1.165, 1.54) is 0 Å². The number of hydrogen-bond acceptors (Lipinski definition) is 6. The summed E-state index contributed by atoms with van der Waals surface area (Å²) in [6.45, 7) is 1.12. The van der Waals surface area contributed by atoms with E-state index in [-0.39, 0.29) is 24.8 Å². The van der Waals surface area contributed by atoms with Gasteiger partial charge in [-0.1, -0.05) is 30.3 Å². The summed E-state index contributed by atoms with van der Waals surface area (Å²) in [4.78, 5) is 2.10. The molecule has 1 saturated heterocycles. The third-order valence-corrected chi connectivity index (χ3v) is 5.48. The lowest BCUT2D eigenvalue weighted by Crippen LogP contribution is -2.31. The molecule has 1 heterocycles. The van der Waals surface area contributed by atoms with E-state index >= 15 is 0 Å². The van der Waals surface area contributed by atoms with Gasteiger partial charge in [0.2, 0.25) is 0 Å². The van der Waals surface area contributed by atoms with Crippen LogP contribution in [0.5, 0.6) is 0 Å². The molecule has 7 heteroatoms. The van der Waals surface area contributed by atoms with Crippen molar-refractivity contribution >= 4 is 16.1 Å². The molecule has 1 fully saturated rings. The van der Waals surface area contributed by atoms with Crippen molar-refractivity contribution in [1.29, 1.82) is 0 Å². The fourth-order valence-corrected chi connectivity index (χ4v) is 3.99. The minimum Gasteiger partial charge on any atom is -0.309 e. The molecule has 6 nitrogen and oxygen atoms in total. The largest absolute Gasteiger partial charge is 0.309 e. The first-order valence-electron chi connectivity index (χ1n) is 9.14. The monoisotopic (exact) mass is 354 g/mol. The van der Waals surface area contributed by atoms with E-state index in [1.54, 1.807) is 30.5 Å². The molecule has 0 aliphatic carbocycles. The standard InChI is InChI=1S/C17H28N4O2S/c1-21(2)11-7-6-10-19-20-16-12-17(18-13-16)24(22,23)14-15-8-4-3-5-9-15/h3-5,8-10,16-18,20H,6-7,11-14H2,1-2H3/i17D/hD. The second-order valence-corrected chi connectivity index (χ2v) is 8.26. The average Bonchev–Trinajstić information content (AvgIpc) is 2.87. The highest BCUT2D eigenvalue weighted by Crippen LogP contribution is 2.17. The van der Waals surface area contributed by atoms with Gasteiger partial charge in [0.1, 0.15) is 6.76 Å². The van der Waals surface area contributed by atoms with E-state index < -0.39 is 15.2 Å². The van der Waals surface area contributed by atoms with E-state index in [4.69, 9.17) is 2.78 Å². The molecule has 2 N–H and O–H groups in total. The number of nitrogens with zero attached hydrogens (tertiary/aromatic N) is 2. The maximum absolute atomic E-state index is 12.7. The highest BCUT2D eigenvalue weighted by Gasteiger charge is 2.33. The summed E-state index contributed by atoms with van der Waals surface area (Å²) in [5.41, 5.74) is 3.53. The van der Waals surface area contributed by atoms with Crippen LogP contribution in [0.2, 0.25) is 1.41 Å². The van der Waals surface area contributed by atoms with Gasteiger partial charge < -0.3 is 10.3 Å². The van der Waals surface area contributed by atoms with Crippen molar-refractivity contribution in [3.8, 4) is 0 Å². The molecular formula is C17H28N4O2S. The van der Waals surface area contributed by atoms with E-state index in [0.29, 0.717) is 5.56 Å². The fraction of sp³-hybridized carbons (Fsp3) is 0.588. The molecule has 0 saturated carbocycles. The maximum atomic E-state index is 12.7. The van der Waals surface area contributed by atoms with Gasteiger partial charge in [0.15, 0.2) is 9.84 Å². The Morgan fingerprint density at radius 3 is 2.92 bits per heavy atom. The minimum atomic E-state index is -3.84. The molecule has 24 heavy (non-hydrogen) atoms. The summed E-state index contributed by atoms with van der Waals surface area (Å²) in [7, 11) is 0.193. The molecule has 0 amide bonds. The lowest BCUT2D eigenvalue weighted by molar-refractivity contribution is 0.404. The van der Waals surface area contributed by atoms with Gasteiger partial charge in [-0.2, -0.15) is 5.10 Å². The van der Waals surface area contributed by atoms with Crippen molar-refractivity contribution in [2.75, 3.05) is 27.2 Å². The van der Waals surface area contributed by atoms with Gasteiger partial charge in [-0.15, -0.1) is 0 Å². The normalized spacial score (nSPS) is 26.7. The van der Waals surface area contributed by atoms with Crippen LogP contribution in [0.15, 0.2) is 35.4 Å². The molecule has 0 radical (unpaired) electrons. The Morgan fingerprint density at radius 2 is 2.21 bits per heavy atom. The molecule has 0 aromatic heterocycles. The van der Waals surface area contributed by atoms with Crippen LogP contribution in [0.4, 0.5) is 0 Å². The first-order valence-corrected chi connectivity index (χ1v) is 9.84. The van der Waals surface area contributed by atoms with E-state index in [9.17, 15) is 8.42 Å². The smallest absolute Gasteiger partial charge is 0.170 e. The van der Waals surface area contributed by atoms with Crippen molar-refractivity contribution in [2.24, 2.45) is 5.10 Å². The predicted molar refractivity (Wildman–Crippen MR) is 98.7 cm³/mol. The molecule has 0 bridgehead atoms. The van der Waals surface area contributed by atoms with Crippen LogP contribution in [0.25, 0.3) is 0 Å².